The number of para-hydroxylation sites is 1. The fraction of sp³-hybridized carbons (Fsp3) is 0.304. The molecule has 0 bridgehead atoms. The molecule has 1 aliphatic heterocycles. The predicted molar refractivity (Wildman–Crippen MR) is 116 cm³/mol. The zero-order valence-electron chi connectivity index (χ0n) is 18.0. The SMILES string of the molecule is COc1c(CN2CCNCC2c2ccccc2)cccc1-n1cccn1.O=C(O)C(F)(F)F. The summed E-state index contributed by atoms with van der Waals surface area (Å²) in [4.78, 5) is 11.4. The van der Waals surface area contributed by atoms with Gasteiger partial charge in [-0.1, -0.05) is 42.5 Å². The highest BCUT2D eigenvalue weighted by Crippen LogP contribution is 2.31. The minimum Gasteiger partial charge on any atom is -0.494 e. The minimum absolute atomic E-state index is 0.364. The molecule has 1 saturated heterocycles. The van der Waals surface area contributed by atoms with Crippen LogP contribution in [0.5, 0.6) is 5.75 Å². The third-order valence-corrected chi connectivity index (χ3v) is 5.19. The van der Waals surface area contributed by atoms with E-state index in [2.05, 4.69) is 57.8 Å². The van der Waals surface area contributed by atoms with Crippen LogP contribution in [0.1, 0.15) is 17.2 Å². The zero-order valence-corrected chi connectivity index (χ0v) is 18.0. The van der Waals surface area contributed by atoms with E-state index in [4.69, 9.17) is 14.6 Å². The number of nitrogens with one attached hydrogen (secondary N) is 1. The summed E-state index contributed by atoms with van der Waals surface area (Å²) in [5, 5.41) is 15.0. The third-order valence-electron chi connectivity index (χ3n) is 5.19. The molecule has 176 valence electrons. The Balaban J connectivity index is 0.000000383. The Bertz CT molecular complexity index is 1030. The number of halogens is 3. The van der Waals surface area contributed by atoms with Crippen LogP contribution in [0.25, 0.3) is 5.69 Å². The maximum absolute atomic E-state index is 10.6. The lowest BCUT2D eigenvalue weighted by molar-refractivity contribution is -0.192. The molecular weight excluding hydrogens is 437 g/mol. The number of carboxylic acid groups (broad SMARTS) is 1. The molecule has 7 nitrogen and oxygen atoms in total. The molecule has 2 aromatic carbocycles. The van der Waals surface area contributed by atoms with E-state index in [-0.39, 0.29) is 0 Å². The topological polar surface area (TPSA) is 79.6 Å². The lowest BCUT2D eigenvalue weighted by Gasteiger charge is -2.37. The van der Waals surface area contributed by atoms with Crippen LogP contribution in [-0.2, 0) is 11.3 Å². The molecular formula is C23H25F3N4O3. The first-order valence-corrected chi connectivity index (χ1v) is 10.3. The largest absolute Gasteiger partial charge is 0.494 e. The van der Waals surface area contributed by atoms with Crippen LogP contribution in [0, 0.1) is 0 Å². The van der Waals surface area contributed by atoms with Crippen LogP contribution in [-0.4, -0.2) is 58.7 Å². The summed E-state index contributed by atoms with van der Waals surface area (Å²) in [5.41, 5.74) is 3.51. The standard InChI is InChI=1S/C21H24N4O.C2HF3O2/c1-26-21-18(9-5-10-19(21)25-13-6-11-23-25)16-24-14-12-22-15-20(24)17-7-3-2-4-8-17;3-2(4,5)1(6)7/h2-11,13,20,22H,12,14-16H2,1H3;(H,6,7). The van der Waals surface area contributed by atoms with E-state index >= 15 is 0 Å². The molecule has 33 heavy (non-hydrogen) atoms. The Morgan fingerprint density at radius 2 is 1.91 bits per heavy atom. The maximum Gasteiger partial charge on any atom is 0.490 e. The number of aromatic nitrogens is 2. The van der Waals surface area contributed by atoms with Gasteiger partial charge in [0.1, 0.15) is 11.4 Å². The van der Waals surface area contributed by atoms with E-state index in [9.17, 15) is 13.2 Å². The molecule has 0 spiro atoms. The lowest BCUT2D eigenvalue weighted by Crippen LogP contribution is -2.45. The number of carboxylic acids is 1. The summed E-state index contributed by atoms with van der Waals surface area (Å²) < 4.78 is 39.4. The van der Waals surface area contributed by atoms with Crippen molar-refractivity contribution in [2.75, 3.05) is 26.7 Å². The van der Waals surface area contributed by atoms with Crippen molar-refractivity contribution in [2.45, 2.75) is 18.8 Å². The first kappa shape index (κ1) is 24.3. The number of nitrogens with zero attached hydrogens (tertiary/aromatic N) is 3. The number of piperazine rings is 1. The van der Waals surface area contributed by atoms with E-state index in [1.54, 1.807) is 13.3 Å². The number of hydrogen-bond acceptors (Lipinski definition) is 5. The Morgan fingerprint density at radius 3 is 2.52 bits per heavy atom. The van der Waals surface area contributed by atoms with Gasteiger partial charge in [0.05, 0.1) is 7.11 Å². The molecule has 0 radical (unpaired) electrons. The molecule has 3 aromatic rings. The Labute approximate surface area is 189 Å². The van der Waals surface area contributed by atoms with Crippen LogP contribution < -0.4 is 10.1 Å². The molecule has 0 amide bonds. The van der Waals surface area contributed by atoms with Crippen LogP contribution >= 0.6 is 0 Å². The molecule has 1 aliphatic rings. The summed E-state index contributed by atoms with van der Waals surface area (Å²) in [6.07, 6.45) is -1.35. The molecule has 1 unspecified atom stereocenters. The average molecular weight is 462 g/mol. The monoisotopic (exact) mass is 462 g/mol. The summed E-state index contributed by atoms with van der Waals surface area (Å²) in [5.74, 6) is -1.87. The van der Waals surface area contributed by atoms with Crippen molar-refractivity contribution < 1.29 is 27.8 Å². The number of hydrogen-bond donors (Lipinski definition) is 2. The van der Waals surface area contributed by atoms with Crippen molar-refractivity contribution in [3.05, 3.63) is 78.1 Å². The number of ether oxygens (including phenoxy) is 1. The molecule has 2 N–H and O–H groups in total. The fourth-order valence-electron chi connectivity index (χ4n) is 3.68. The number of methoxy groups -OCH3 is 1. The third kappa shape index (κ3) is 6.33. The van der Waals surface area contributed by atoms with Crippen LogP contribution in [0.3, 0.4) is 0 Å². The summed E-state index contributed by atoms with van der Waals surface area (Å²) >= 11 is 0. The van der Waals surface area contributed by atoms with E-state index in [1.807, 2.05) is 23.0 Å². The number of alkyl halides is 3. The van der Waals surface area contributed by atoms with Gasteiger partial charge in [-0.2, -0.15) is 18.3 Å². The van der Waals surface area contributed by atoms with Crippen molar-refractivity contribution >= 4 is 5.97 Å². The van der Waals surface area contributed by atoms with E-state index in [0.717, 1.165) is 37.6 Å². The highest BCUT2D eigenvalue weighted by molar-refractivity contribution is 5.73. The van der Waals surface area contributed by atoms with Gasteiger partial charge < -0.3 is 15.2 Å². The van der Waals surface area contributed by atoms with Gasteiger partial charge in [0, 0.05) is 50.2 Å². The van der Waals surface area contributed by atoms with Gasteiger partial charge in [-0.25, -0.2) is 9.48 Å². The zero-order chi connectivity index (χ0) is 23.8. The first-order valence-electron chi connectivity index (χ1n) is 10.3. The van der Waals surface area contributed by atoms with Crippen molar-refractivity contribution in [1.82, 2.24) is 20.0 Å². The Kier molecular flexibility index (Phi) is 8.07. The second-order valence-electron chi connectivity index (χ2n) is 7.32. The van der Waals surface area contributed by atoms with Gasteiger partial charge in [-0.3, -0.25) is 4.90 Å². The van der Waals surface area contributed by atoms with Gasteiger partial charge in [0.2, 0.25) is 0 Å². The number of aliphatic carboxylic acids is 1. The second-order valence-corrected chi connectivity index (χ2v) is 7.32. The number of carbonyl (C=O) groups is 1. The van der Waals surface area contributed by atoms with Crippen molar-refractivity contribution in [3.8, 4) is 11.4 Å². The highest BCUT2D eigenvalue weighted by Gasteiger charge is 2.38. The molecule has 1 fully saturated rings. The van der Waals surface area contributed by atoms with Gasteiger partial charge in [0.25, 0.3) is 0 Å². The summed E-state index contributed by atoms with van der Waals surface area (Å²) in [6.45, 7) is 3.82. The quantitative estimate of drug-likeness (QED) is 0.603. The molecule has 10 heteroatoms. The first-order chi connectivity index (χ1) is 15.8. The Hall–Kier alpha value is -3.37. The number of benzene rings is 2. The molecule has 1 atom stereocenters. The molecule has 1 aromatic heterocycles. The maximum atomic E-state index is 10.6. The van der Waals surface area contributed by atoms with Gasteiger partial charge in [-0.15, -0.1) is 0 Å². The number of rotatable bonds is 5. The highest BCUT2D eigenvalue weighted by atomic mass is 19.4. The molecule has 4 rings (SSSR count). The van der Waals surface area contributed by atoms with Crippen LogP contribution in [0.15, 0.2) is 67.0 Å². The van der Waals surface area contributed by atoms with E-state index < -0.39 is 12.1 Å². The molecule has 2 heterocycles. The van der Waals surface area contributed by atoms with E-state index in [0.29, 0.717) is 6.04 Å². The van der Waals surface area contributed by atoms with Crippen LogP contribution in [0.4, 0.5) is 13.2 Å². The molecule has 0 aliphatic carbocycles. The summed E-state index contributed by atoms with van der Waals surface area (Å²) in [7, 11) is 1.73. The van der Waals surface area contributed by atoms with Crippen molar-refractivity contribution in [2.24, 2.45) is 0 Å². The molecule has 0 saturated carbocycles. The predicted octanol–water partition coefficient (Wildman–Crippen LogP) is 3.66. The fourth-order valence-corrected chi connectivity index (χ4v) is 3.68. The average Bonchev–Trinajstić information content (AvgIpc) is 3.34. The minimum atomic E-state index is -5.08. The van der Waals surface area contributed by atoms with E-state index in [1.165, 1.54) is 11.1 Å². The van der Waals surface area contributed by atoms with Crippen LogP contribution in [0.2, 0.25) is 0 Å². The lowest BCUT2D eigenvalue weighted by atomic mass is 10.0. The normalized spacial score (nSPS) is 16.5. The van der Waals surface area contributed by atoms with Gasteiger partial charge in [0.15, 0.2) is 0 Å². The summed E-state index contributed by atoms with van der Waals surface area (Å²) in [6, 6.07) is 19.3. The van der Waals surface area contributed by atoms with Crippen molar-refractivity contribution in [3.63, 3.8) is 0 Å². The second kappa shape index (κ2) is 11.0. The van der Waals surface area contributed by atoms with Gasteiger partial charge in [-0.05, 0) is 17.7 Å². The Morgan fingerprint density at radius 1 is 1.18 bits per heavy atom. The smallest absolute Gasteiger partial charge is 0.490 e. The van der Waals surface area contributed by atoms with Crippen molar-refractivity contribution in [1.29, 1.82) is 0 Å². The van der Waals surface area contributed by atoms with Gasteiger partial charge >= 0.3 is 12.1 Å².